The number of benzene rings is 2. The van der Waals surface area contributed by atoms with Gasteiger partial charge in [-0.3, -0.25) is 14.4 Å². The number of aromatic nitrogens is 2. The van der Waals surface area contributed by atoms with Crippen LogP contribution in [0.25, 0.3) is 11.3 Å². The predicted octanol–water partition coefficient (Wildman–Crippen LogP) is 5.93. The van der Waals surface area contributed by atoms with E-state index >= 15 is 0 Å². The topological polar surface area (TPSA) is 150 Å². The fourth-order valence-corrected chi connectivity index (χ4v) is 4.65. The van der Waals surface area contributed by atoms with Gasteiger partial charge in [0.2, 0.25) is 11.8 Å². The lowest BCUT2D eigenvalue weighted by Gasteiger charge is -2.18. The third-order valence-corrected chi connectivity index (χ3v) is 7.03. The van der Waals surface area contributed by atoms with Crippen molar-refractivity contribution in [2.75, 3.05) is 12.4 Å². The zero-order valence-corrected chi connectivity index (χ0v) is 24.4. The van der Waals surface area contributed by atoms with E-state index in [1.165, 1.54) is 0 Å². The first kappa shape index (κ1) is 33.8. The molecular formula is C31H35F3N4O6. The smallest absolute Gasteiger partial charge is 0.490 e. The van der Waals surface area contributed by atoms with Crippen molar-refractivity contribution < 1.29 is 42.2 Å². The van der Waals surface area contributed by atoms with Crippen LogP contribution in [-0.4, -0.2) is 51.9 Å². The highest BCUT2D eigenvalue weighted by Gasteiger charge is 2.38. The molecule has 2 heterocycles. The molecule has 3 aromatic rings. The highest BCUT2D eigenvalue weighted by atomic mass is 19.4. The largest absolute Gasteiger partial charge is 0.497 e. The van der Waals surface area contributed by atoms with Crippen molar-refractivity contribution in [1.29, 1.82) is 0 Å². The Morgan fingerprint density at radius 1 is 1.09 bits per heavy atom. The number of fused-ring (bicyclic) bond motifs is 1. The first-order valence-electron chi connectivity index (χ1n) is 14.1. The highest BCUT2D eigenvalue weighted by Crippen LogP contribution is 2.37. The number of ketones is 1. The number of hydrogen-bond donors (Lipinski definition) is 4. The Hall–Kier alpha value is -4.68. The number of rotatable bonds is 13. The maximum absolute atomic E-state index is 13.2. The molecule has 1 unspecified atom stereocenters. The van der Waals surface area contributed by atoms with Crippen LogP contribution < -0.4 is 15.4 Å². The molecule has 1 aliphatic heterocycles. The van der Waals surface area contributed by atoms with Crippen molar-refractivity contribution in [1.82, 2.24) is 15.3 Å². The van der Waals surface area contributed by atoms with Crippen LogP contribution in [0, 0.1) is 0 Å². The minimum Gasteiger partial charge on any atom is -0.497 e. The molecule has 10 nitrogen and oxygen atoms in total. The molecule has 13 heteroatoms. The fraction of sp³-hybridized carbons (Fsp3) is 0.387. The van der Waals surface area contributed by atoms with Gasteiger partial charge < -0.3 is 25.5 Å². The second-order valence-corrected chi connectivity index (χ2v) is 10.2. The lowest BCUT2D eigenvalue weighted by atomic mass is 9.96. The number of carboxylic acids is 1. The number of unbranched alkanes of at least 4 members (excludes halogenated alkanes) is 2. The summed E-state index contributed by atoms with van der Waals surface area (Å²) in [4.78, 5) is 54.3. The summed E-state index contributed by atoms with van der Waals surface area (Å²) in [6, 6.07) is 14.9. The molecule has 4 N–H and O–H groups in total. The number of halogens is 3. The monoisotopic (exact) mass is 616 g/mol. The summed E-state index contributed by atoms with van der Waals surface area (Å²) in [5.74, 6) is -2.16. The van der Waals surface area contributed by atoms with Gasteiger partial charge in [0.15, 0.2) is 0 Å². The predicted molar refractivity (Wildman–Crippen MR) is 156 cm³/mol. The van der Waals surface area contributed by atoms with E-state index in [9.17, 15) is 27.6 Å². The number of nitrogens with one attached hydrogen (secondary N) is 3. The average molecular weight is 617 g/mol. The summed E-state index contributed by atoms with van der Waals surface area (Å²) in [5.41, 5.74) is 3.36. The van der Waals surface area contributed by atoms with Gasteiger partial charge in [0.25, 0.3) is 0 Å². The van der Waals surface area contributed by atoms with E-state index in [1.54, 1.807) is 31.5 Å². The van der Waals surface area contributed by atoms with E-state index in [1.807, 2.05) is 37.3 Å². The van der Waals surface area contributed by atoms with Gasteiger partial charge >= 0.3 is 12.1 Å². The number of carbonyl (C=O) groups is 4. The molecule has 2 atom stereocenters. The third-order valence-electron chi connectivity index (χ3n) is 7.03. The lowest BCUT2D eigenvalue weighted by Crippen LogP contribution is -2.31. The number of alkyl halides is 3. The molecule has 4 rings (SSSR count). The zero-order valence-electron chi connectivity index (χ0n) is 24.4. The molecule has 0 bridgehead atoms. The maximum Gasteiger partial charge on any atom is 0.490 e. The van der Waals surface area contributed by atoms with Crippen LogP contribution in [-0.2, 0) is 19.2 Å². The number of anilines is 1. The van der Waals surface area contributed by atoms with Crippen molar-refractivity contribution >= 4 is 29.3 Å². The Labute approximate surface area is 252 Å². The van der Waals surface area contributed by atoms with Crippen LogP contribution in [0.4, 0.5) is 18.9 Å². The molecule has 0 spiro atoms. The van der Waals surface area contributed by atoms with E-state index in [2.05, 4.69) is 20.6 Å². The van der Waals surface area contributed by atoms with Crippen molar-refractivity contribution in [3.05, 3.63) is 66.1 Å². The molecule has 0 saturated heterocycles. The number of amides is 2. The van der Waals surface area contributed by atoms with E-state index in [-0.39, 0.29) is 30.1 Å². The maximum atomic E-state index is 13.2. The number of imidazole rings is 1. The molecule has 0 aliphatic carbocycles. The average Bonchev–Trinajstić information content (AvgIpc) is 3.61. The van der Waals surface area contributed by atoms with Crippen LogP contribution in [0.1, 0.15) is 75.2 Å². The molecule has 2 aromatic carbocycles. The van der Waals surface area contributed by atoms with E-state index in [0.717, 1.165) is 36.1 Å². The lowest BCUT2D eigenvalue weighted by molar-refractivity contribution is -0.192. The van der Waals surface area contributed by atoms with E-state index < -0.39 is 18.1 Å². The van der Waals surface area contributed by atoms with Gasteiger partial charge in [-0.25, -0.2) is 9.78 Å². The first-order valence-corrected chi connectivity index (χ1v) is 14.1. The number of carboxylic acid groups (broad SMARTS) is 1. The Morgan fingerprint density at radius 2 is 1.80 bits per heavy atom. The standard InChI is InChI=1S/C29H34N4O4.C2HF3O2/c1-3-20(34)12-8-5-9-13-25(28-30-18-26(32-28)19-10-6-4-7-11-19)31-27(35)17-23-22-16-21(37-2)14-15-24(22)33-29(23)36;3-2(4,5)1(6)7/h4,6-7,10-11,14-16,18,23,25H,3,5,8-9,12-13,17H2,1-2H3,(H,30,32)(H,31,35)(H,33,36);(H,6,7)/t23?,25-;/m0./s1. The van der Waals surface area contributed by atoms with Crippen molar-refractivity contribution in [2.24, 2.45) is 0 Å². The minimum absolute atomic E-state index is 0.0275. The number of aromatic amines is 1. The summed E-state index contributed by atoms with van der Waals surface area (Å²) in [7, 11) is 1.57. The van der Waals surface area contributed by atoms with Crippen LogP contribution in [0.2, 0.25) is 0 Å². The van der Waals surface area contributed by atoms with Crippen LogP contribution in [0.15, 0.2) is 54.7 Å². The normalized spacial score (nSPS) is 14.5. The molecule has 236 valence electrons. The Bertz CT molecular complexity index is 1440. The number of H-pyrrole nitrogens is 1. The third kappa shape index (κ3) is 9.68. The molecule has 1 aromatic heterocycles. The number of hydrogen-bond acceptors (Lipinski definition) is 6. The second-order valence-electron chi connectivity index (χ2n) is 10.2. The molecule has 0 saturated carbocycles. The molecule has 1 aliphatic rings. The minimum atomic E-state index is -5.08. The van der Waals surface area contributed by atoms with Gasteiger partial charge in [-0.2, -0.15) is 13.2 Å². The first-order chi connectivity index (χ1) is 20.9. The number of nitrogens with zero attached hydrogens (tertiary/aromatic N) is 1. The molecule has 0 radical (unpaired) electrons. The van der Waals surface area contributed by atoms with E-state index in [0.29, 0.717) is 36.5 Å². The van der Waals surface area contributed by atoms with Crippen LogP contribution in [0.5, 0.6) is 5.75 Å². The van der Waals surface area contributed by atoms with E-state index in [4.69, 9.17) is 14.6 Å². The zero-order chi connectivity index (χ0) is 32.3. The van der Waals surface area contributed by atoms with Gasteiger partial charge in [0, 0.05) is 24.9 Å². The molecule has 0 fully saturated rings. The summed E-state index contributed by atoms with van der Waals surface area (Å²) < 4.78 is 37.0. The number of aliphatic carboxylic acids is 1. The van der Waals surface area contributed by atoms with Crippen molar-refractivity contribution in [2.45, 2.75) is 70.0 Å². The van der Waals surface area contributed by atoms with Crippen LogP contribution >= 0.6 is 0 Å². The number of methoxy groups -OCH3 is 1. The Morgan fingerprint density at radius 3 is 2.43 bits per heavy atom. The fourth-order valence-electron chi connectivity index (χ4n) is 4.65. The number of ether oxygens (including phenoxy) is 1. The summed E-state index contributed by atoms with van der Waals surface area (Å²) in [6.07, 6.45) is 1.12. The Balaban J connectivity index is 0.000000676. The highest BCUT2D eigenvalue weighted by molar-refractivity contribution is 6.05. The summed E-state index contributed by atoms with van der Waals surface area (Å²) in [5, 5.41) is 13.1. The molecular weight excluding hydrogens is 581 g/mol. The SMILES string of the molecule is CCC(=O)CCCCC[C@H](NC(=O)CC1C(=O)Nc2ccc(OC)cc21)c1ncc(-c2ccccc2)[nH]1.O=C(O)C(F)(F)F. The van der Waals surface area contributed by atoms with Crippen molar-refractivity contribution in [3.63, 3.8) is 0 Å². The van der Waals surface area contributed by atoms with Gasteiger partial charge in [0.05, 0.1) is 31.0 Å². The number of Topliss-reactive ketones (excluding diaryl/α,β-unsaturated/α-hetero) is 1. The number of carbonyl (C=O) groups excluding carboxylic acids is 3. The quantitative estimate of drug-likeness (QED) is 0.174. The summed E-state index contributed by atoms with van der Waals surface area (Å²) in [6.45, 7) is 1.88. The van der Waals surface area contributed by atoms with Gasteiger partial charge in [-0.15, -0.1) is 0 Å². The molecule has 2 amide bonds. The van der Waals surface area contributed by atoms with Crippen LogP contribution in [0.3, 0.4) is 0 Å². The van der Waals surface area contributed by atoms with Crippen molar-refractivity contribution in [3.8, 4) is 17.0 Å². The summed E-state index contributed by atoms with van der Waals surface area (Å²) >= 11 is 0. The van der Waals surface area contributed by atoms with Gasteiger partial charge in [-0.1, -0.05) is 50.1 Å². The van der Waals surface area contributed by atoms with Gasteiger partial charge in [-0.05, 0) is 42.2 Å². The molecule has 44 heavy (non-hydrogen) atoms. The van der Waals surface area contributed by atoms with Gasteiger partial charge in [0.1, 0.15) is 17.4 Å². The Kier molecular flexibility index (Phi) is 12.1. The second kappa shape index (κ2) is 15.7.